The van der Waals surface area contributed by atoms with Gasteiger partial charge in [-0.05, 0) is 13.8 Å². The van der Waals surface area contributed by atoms with Gasteiger partial charge in [-0.3, -0.25) is 4.99 Å². The van der Waals surface area contributed by atoms with Gasteiger partial charge >= 0.3 is 0 Å². The van der Waals surface area contributed by atoms with Gasteiger partial charge in [-0.25, -0.2) is 0 Å². The maximum Gasteiger partial charge on any atom is 0.142 e. The summed E-state index contributed by atoms with van der Waals surface area (Å²) in [7, 11) is 0. The van der Waals surface area contributed by atoms with Crippen LogP contribution >= 0.6 is 23.2 Å². The van der Waals surface area contributed by atoms with Crippen LogP contribution in [0.15, 0.2) is 4.99 Å². The second kappa shape index (κ2) is 4.16. The Balaban J connectivity index is 3.34. The van der Waals surface area contributed by atoms with E-state index in [1.807, 2.05) is 13.8 Å². The summed E-state index contributed by atoms with van der Waals surface area (Å²) in [6.45, 7) is 3.93. The van der Waals surface area contributed by atoms with Crippen LogP contribution in [0.2, 0.25) is 0 Å². The molecule has 1 nitrogen and oxygen atoms in total. The zero-order chi connectivity index (χ0) is 6.57. The molecule has 0 N–H and O–H groups in total. The Labute approximate surface area is 59.7 Å². The van der Waals surface area contributed by atoms with Crippen LogP contribution in [0, 0.1) is 0 Å². The third-order valence-corrected chi connectivity index (χ3v) is 0.722. The Hall–Kier alpha value is 0.250. The molecule has 0 atom stereocenters. The average Bonchev–Trinajstić information content (AvgIpc) is 1.61. The lowest BCUT2D eigenvalue weighted by atomic mass is 10.4. The molecule has 8 heavy (non-hydrogen) atoms. The van der Waals surface area contributed by atoms with E-state index in [1.54, 1.807) is 0 Å². The molecule has 0 aliphatic carbocycles. The van der Waals surface area contributed by atoms with Crippen LogP contribution in [-0.4, -0.2) is 17.1 Å². The summed E-state index contributed by atoms with van der Waals surface area (Å²) in [6, 6.07) is 0.287. The topological polar surface area (TPSA) is 12.4 Å². The minimum Gasteiger partial charge on any atom is -0.292 e. The smallest absolute Gasteiger partial charge is 0.142 e. The van der Waals surface area contributed by atoms with Gasteiger partial charge in [0.2, 0.25) is 0 Å². The molecule has 0 saturated carbocycles. The van der Waals surface area contributed by atoms with Crippen molar-refractivity contribution in [3.8, 4) is 0 Å². The highest BCUT2D eigenvalue weighted by Gasteiger charge is 1.90. The Kier molecular flexibility index (Phi) is 4.29. The lowest BCUT2D eigenvalue weighted by Gasteiger charge is -1.93. The summed E-state index contributed by atoms with van der Waals surface area (Å²) in [4.78, 5) is 3.47. The van der Waals surface area contributed by atoms with E-state index in [2.05, 4.69) is 4.99 Å². The average molecular weight is 154 g/mol. The van der Waals surface area contributed by atoms with Gasteiger partial charge in [-0.2, -0.15) is 0 Å². The predicted octanol–water partition coefficient (Wildman–Crippen LogP) is 2.27. The molecular weight excluding hydrogens is 145 g/mol. The fourth-order valence-electron chi connectivity index (χ4n) is 0.237. The Morgan fingerprint density at radius 2 is 1.88 bits per heavy atom. The molecule has 0 aliphatic heterocycles. The van der Waals surface area contributed by atoms with E-state index >= 15 is 0 Å². The maximum absolute atomic E-state index is 5.34. The number of hydrogen-bond donors (Lipinski definition) is 0. The van der Waals surface area contributed by atoms with Crippen LogP contribution in [0.1, 0.15) is 13.8 Å². The van der Waals surface area contributed by atoms with Gasteiger partial charge in [0.25, 0.3) is 0 Å². The third-order valence-electron chi connectivity index (χ3n) is 0.497. The molecule has 0 unspecified atom stereocenters. The minimum absolute atomic E-state index is 0.287. The number of rotatable bonds is 2. The van der Waals surface area contributed by atoms with Crippen molar-refractivity contribution in [3.05, 3.63) is 0 Å². The van der Waals surface area contributed by atoms with E-state index in [-0.39, 0.29) is 6.04 Å². The Morgan fingerprint density at radius 1 is 1.38 bits per heavy atom. The molecular formula is C5H9Cl2N. The van der Waals surface area contributed by atoms with Crippen molar-refractivity contribution < 1.29 is 0 Å². The molecule has 0 saturated heterocycles. The maximum atomic E-state index is 5.34. The molecule has 48 valence electrons. The van der Waals surface area contributed by atoms with Crippen molar-refractivity contribution in [3.63, 3.8) is 0 Å². The van der Waals surface area contributed by atoms with E-state index in [4.69, 9.17) is 23.2 Å². The van der Waals surface area contributed by atoms with Gasteiger partial charge in [0, 0.05) is 12.3 Å². The zero-order valence-electron chi connectivity index (χ0n) is 4.94. The molecule has 0 fully saturated rings. The van der Waals surface area contributed by atoms with Crippen molar-refractivity contribution in [1.29, 1.82) is 0 Å². The highest BCUT2D eigenvalue weighted by Crippen LogP contribution is 1.97. The highest BCUT2D eigenvalue weighted by atomic mass is 35.5. The van der Waals surface area contributed by atoms with E-state index < -0.39 is 4.84 Å². The van der Waals surface area contributed by atoms with Gasteiger partial charge in [0.05, 0.1) is 0 Å². The van der Waals surface area contributed by atoms with Crippen LogP contribution in [-0.2, 0) is 0 Å². The number of aliphatic imine (C=N–C) groups is 1. The molecule has 3 heteroatoms. The van der Waals surface area contributed by atoms with E-state index in [0.29, 0.717) is 0 Å². The van der Waals surface area contributed by atoms with Gasteiger partial charge in [0.1, 0.15) is 4.84 Å². The summed E-state index contributed by atoms with van der Waals surface area (Å²) in [5, 5.41) is 0. The first-order valence-corrected chi connectivity index (χ1v) is 3.31. The van der Waals surface area contributed by atoms with Crippen molar-refractivity contribution in [2.45, 2.75) is 24.7 Å². The molecule has 0 aliphatic rings. The first-order valence-electron chi connectivity index (χ1n) is 2.44. The summed E-state index contributed by atoms with van der Waals surface area (Å²) >= 11 is 10.7. The molecule has 0 bridgehead atoms. The molecule has 0 aromatic rings. The fourth-order valence-corrected chi connectivity index (χ4v) is 0.367. The largest absolute Gasteiger partial charge is 0.292 e. The van der Waals surface area contributed by atoms with Gasteiger partial charge in [-0.15, -0.1) is 0 Å². The predicted molar refractivity (Wildman–Crippen MR) is 39.1 cm³/mol. The first kappa shape index (κ1) is 8.25. The van der Waals surface area contributed by atoms with Gasteiger partial charge in [0.15, 0.2) is 0 Å². The number of alkyl halides is 2. The molecule has 0 amide bonds. The van der Waals surface area contributed by atoms with Crippen LogP contribution in [0.25, 0.3) is 0 Å². The standard InChI is InChI=1S/C5H9Cl2N/c1-4(2)8-3-5(6)7/h3-5H,1-2H3. The second-order valence-corrected chi connectivity index (χ2v) is 2.89. The number of nitrogens with zero attached hydrogens (tertiary/aromatic N) is 1. The number of halogens is 2. The van der Waals surface area contributed by atoms with Crippen LogP contribution in [0.3, 0.4) is 0 Å². The van der Waals surface area contributed by atoms with Gasteiger partial charge in [-0.1, -0.05) is 23.2 Å². The first-order chi connectivity index (χ1) is 3.63. The third kappa shape index (κ3) is 6.25. The van der Waals surface area contributed by atoms with E-state index in [0.717, 1.165) is 0 Å². The normalized spacial score (nSPS) is 12.2. The van der Waals surface area contributed by atoms with Gasteiger partial charge < -0.3 is 0 Å². The molecule has 0 spiro atoms. The monoisotopic (exact) mass is 153 g/mol. The van der Waals surface area contributed by atoms with Crippen molar-refractivity contribution in [1.82, 2.24) is 0 Å². The summed E-state index contributed by atoms with van der Waals surface area (Å²) < 4.78 is 0. The molecule has 0 aromatic carbocycles. The van der Waals surface area contributed by atoms with Crippen molar-refractivity contribution in [2.24, 2.45) is 4.99 Å². The quantitative estimate of drug-likeness (QED) is 0.427. The lowest BCUT2D eigenvalue weighted by Crippen LogP contribution is -1.93. The van der Waals surface area contributed by atoms with E-state index in [9.17, 15) is 0 Å². The Morgan fingerprint density at radius 3 is 2.00 bits per heavy atom. The molecule has 0 rings (SSSR count). The summed E-state index contributed by atoms with van der Waals surface area (Å²) in [5.41, 5.74) is 0. The van der Waals surface area contributed by atoms with Crippen molar-refractivity contribution >= 4 is 29.4 Å². The minimum atomic E-state index is -0.461. The zero-order valence-corrected chi connectivity index (χ0v) is 6.45. The highest BCUT2D eigenvalue weighted by molar-refractivity contribution is 6.51. The second-order valence-electron chi connectivity index (χ2n) is 1.73. The summed E-state index contributed by atoms with van der Waals surface area (Å²) in [6.07, 6.45) is 1.52. The van der Waals surface area contributed by atoms with Crippen LogP contribution in [0.5, 0.6) is 0 Å². The Bertz CT molecular complexity index is 68.5. The van der Waals surface area contributed by atoms with Crippen LogP contribution < -0.4 is 0 Å². The van der Waals surface area contributed by atoms with Crippen molar-refractivity contribution in [2.75, 3.05) is 0 Å². The summed E-state index contributed by atoms with van der Waals surface area (Å²) in [5.74, 6) is 0. The number of hydrogen-bond acceptors (Lipinski definition) is 1. The SMILES string of the molecule is CC(C)N=CC(Cl)Cl. The van der Waals surface area contributed by atoms with Crippen LogP contribution in [0.4, 0.5) is 0 Å². The molecule has 0 aromatic heterocycles. The molecule has 0 radical (unpaired) electrons. The lowest BCUT2D eigenvalue weighted by molar-refractivity contribution is 0.839. The van der Waals surface area contributed by atoms with E-state index in [1.165, 1.54) is 6.21 Å². The fraction of sp³-hybridized carbons (Fsp3) is 0.800. The molecule has 0 heterocycles.